The van der Waals surface area contributed by atoms with Gasteiger partial charge in [-0.1, -0.05) is 0 Å². The smallest absolute Gasteiger partial charge is 0.227 e. The van der Waals surface area contributed by atoms with E-state index < -0.39 is 0 Å². The van der Waals surface area contributed by atoms with Crippen molar-refractivity contribution < 1.29 is 5.11 Å². The van der Waals surface area contributed by atoms with E-state index in [-0.39, 0.29) is 6.61 Å². The summed E-state index contributed by atoms with van der Waals surface area (Å²) in [5, 5.41) is 15.6. The molecule has 2 aliphatic rings. The highest BCUT2D eigenvalue weighted by Crippen LogP contribution is 2.19. The van der Waals surface area contributed by atoms with Crippen LogP contribution in [0.5, 0.6) is 0 Å². The fourth-order valence-corrected chi connectivity index (χ4v) is 3.41. The molecule has 4 rings (SSSR count). The Labute approximate surface area is 153 Å². The van der Waals surface area contributed by atoms with E-state index in [2.05, 4.69) is 35.4 Å². The number of anilines is 3. The number of hydrogen-bond donors (Lipinski definition) is 3. The topological polar surface area (TPSA) is 89.4 Å². The SMILES string of the molecule is OCCN1CCN(c2ccc(Nc3ncc4c(n3)CCNC4)cn2)CC1. The minimum atomic E-state index is 0.222. The Balaban J connectivity index is 1.37. The van der Waals surface area contributed by atoms with Gasteiger partial charge in [-0.2, -0.15) is 0 Å². The molecule has 0 radical (unpaired) electrons. The van der Waals surface area contributed by atoms with Crippen molar-refractivity contribution in [3.8, 4) is 0 Å². The van der Waals surface area contributed by atoms with Crippen LogP contribution >= 0.6 is 0 Å². The molecule has 3 N–H and O–H groups in total. The van der Waals surface area contributed by atoms with E-state index in [0.717, 1.165) is 69.4 Å². The van der Waals surface area contributed by atoms with Gasteiger partial charge in [-0.25, -0.2) is 15.0 Å². The lowest BCUT2D eigenvalue weighted by atomic mass is 10.1. The number of aliphatic hydroxyl groups is 1. The molecule has 0 bridgehead atoms. The van der Waals surface area contributed by atoms with Crippen LogP contribution < -0.4 is 15.5 Å². The molecule has 138 valence electrons. The van der Waals surface area contributed by atoms with Crippen LogP contribution in [0.1, 0.15) is 11.3 Å². The summed E-state index contributed by atoms with van der Waals surface area (Å²) < 4.78 is 0. The van der Waals surface area contributed by atoms with Crippen LogP contribution in [0.2, 0.25) is 0 Å². The molecule has 0 amide bonds. The van der Waals surface area contributed by atoms with Crippen LogP contribution in [-0.4, -0.2) is 70.8 Å². The van der Waals surface area contributed by atoms with E-state index in [0.29, 0.717) is 5.95 Å². The number of nitrogens with zero attached hydrogens (tertiary/aromatic N) is 5. The molecule has 8 heteroatoms. The van der Waals surface area contributed by atoms with Crippen LogP contribution in [0.25, 0.3) is 0 Å². The maximum Gasteiger partial charge on any atom is 0.227 e. The summed E-state index contributed by atoms with van der Waals surface area (Å²) >= 11 is 0. The third-order valence-corrected chi connectivity index (χ3v) is 4.92. The number of aromatic nitrogens is 3. The monoisotopic (exact) mass is 355 g/mol. The number of hydrogen-bond acceptors (Lipinski definition) is 8. The van der Waals surface area contributed by atoms with Gasteiger partial charge < -0.3 is 20.6 Å². The van der Waals surface area contributed by atoms with Crippen LogP contribution in [0.3, 0.4) is 0 Å². The van der Waals surface area contributed by atoms with Gasteiger partial charge in [0.2, 0.25) is 5.95 Å². The molecule has 2 aromatic rings. The lowest BCUT2D eigenvalue weighted by Crippen LogP contribution is -2.47. The van der Waals surface area contributed by atoms with Gasteiger partial charge in [0.15, 0.2) is 0 Å². The highest BCUT2D eigenvalue weighted by molar-refractivity contribution is 5.55. The first-order valence-corrected chi connectivity index (χ1v) is 9.18. The predicted octanol–water partition coefficient (Wildman–Crippen LogP) is 0.375. The molecule has 0 aliphatic carbocycles. The third-order valence-electron chi connectivity index (χ3n) is 4.92. The summed E-state index contributed by atoms with van der Waals surface area (Å²) in [6.45, 7) is 6.56. The fourth-order valence-electron chi connectivity index (χ4n) is 3.41. The van der Waals surface area contributed by atoms with Crippen molar-refractivity contribution in [2.75, 3.05) is 56.1 Å². The Hall–Kier alpha value is -2.29. The number of rotatable bonds is 5. The highest BCUT2D eigenvalue weighted by Gasteiger charge is 2.17. The highest BCUT2D eigenvalue weighted by atomic mass is 16.3. The molecule has 1 saturated heterocycles. The van der Waals surface area contributed by atoms with Crippen molar-refractivity contribution in [1.29, 1.82) is 0 Å². The number of pyridine rings is 1. The van der Waals surface area contributed by atoms with Crippen molar-refractivity contribution in [2.45, 2.75) is 13.0 Å². The zero-order valence-electron chi connectivity index (χ0n) is 14.9. The molecule has 1 fully saturated rings. The third kappa shape index (κ3) is 3.92. The van der Waals surface area contributed by atoms with Crippen molar-refractivity contribution in [2.24, 2.45) is 0 Å². The van der Waals surface area contributed by atoms with Crippen molar-refractivity contribution >= 4 is 17.5 Å². The second-order valence-electron chi connectivity index (χ2n) is 6.67. The Bertz CT molecular complexity index is 729. The predicted molar refractivity (Wildman–Crippen MR) is 101 cm³/mol. The van der Waals surface area contributed by atoms with Crippen LogP contribution in [0.15, 0.2) is 24.5 Å². The summed E-state index contributed by atoms with van der Waals surface area (Å²) in [7, 11) is 0. The average Bonchev–Trinajstić information content (AvgIpc) is 2.69. The van der Waals surface area contributed by atoms with Gasteiger partial charge in [-0.05, 0) is 12.1 Å². The first-order valence-electron chi connectivity index (χ1n) is 9.18. The Morgan fingerprint density at radius 2 is 2.00 bits per heavy atom. The largest absolute Gasteiger partial charge is 0.395 e. The summed E-state index contributed by atoms with van der Waals surface area (Å²) in [6.07, 6.45) is 4.66. The van der Waals surface area contributed by atoms with Gasteiger partial charge in [0.25, 0.3) is 0 Å². The maximum atomic E-state index is 9.03. The minimum absolute atomic E-state index is 0.222. The zero-order chi connectivity index (χ0) is 17.8. The van der Waals surface area contributed by atoms with Gasteiger partial charge in [0.1, 0.15) is 5.82 Å². The van der Waals surface area contributed by atoms with Crippen LogP contribution in [0, 0.1) is 0 Å². The molecule has 0 unspecified atom stereocenters. The van der Waals surface area contributed by atoms with E-state index in [9.17, 15) is 0 Å². The van der Waals surface area contributed by atoms with E-state index in [1.165, 1.54) is 5.56 Å². The second kappa shape index (κ2) is 7.94. The summed E-state index contributed by atoms with van der Waals surface area (Å²) in [5.74, 6) is 1.61. The standard InChI is InChI=1S/C18H25N7O/c26-10-9-24-5-7-25(8-6-24)17-2-1-15(13-20-17)22-18-21-12-14-11-19-4-3-16(14)23-18/h1-2,12-13,19,26H,3-11H2,(H,21,22,23). The van der Waals surface area contributed by atoms with Gasteiger partial charge in [-0.3, -0.25) is 4.90 Å². The van der Waals surface area contributed by atoms with Gasteiger partial charge >= 0.3 is 0 Å². The van der Waals surface area contributed by atoms with Gasteiger partial charge in [-0.15, -0.1) is 0 Å². The number of aliphatic hydroxyl groups excluding tert-OH is 1. The number of nitrogens with one attached hydrogen (secondary N) is 2. The molecule has 2 aromatic heterocycles. The van der Waals surface area contributed by atoms with Gasteiger partial charge in [0, 0.05) is 64.0 Å². The molecule has 2 aliphatic heterocycles. The number of β-amino-alcohol motifs (C(OH)–C–C–N with tert-alkyl or cyclic N) is 1. The Kier molecular flexibility index (Phi) is 5.24. The van der Waals surface area contributed by atoms with E-state index in [1.807, 2.05) is 24.5 Å². The van der Waals surface area contributed by atoms with Crippen molar-refractivity contribution in [1.82, 2.24) is 25.2 Å². The normalized spacial score (nSPS) is 17.8. The molecule has 0 aromatic carbocycles. The molecular weight excluding hydrogens is 330 g/mol. The summed E-state index contributed by atoms with van der Waals surface area (Å²) in [4.78, 5) is 18.2. The molecule has 26 heavy (non-hydrogen) atoms. The first kappa shape index (κ1) is 17.1. The molecule has 0 spiro atoms. The summed E-state index contributed by atoms with van der Waals surface area (Å²) in [6, 6.07) is 4.05. The van der Waals surface area contributed by atoms with Crippen molar-refractivity contribution in [3.05, 3.63) is 35.8 Å². The molecular formula is C18H25N7O. The zero-order valence-corrected chi connectivity index (χ0v) is 14.9. The van der Waals surface area contributed by atoms with Gasteiger partial charge in [0.05, 0.1) is 24.2 Å². The van der Waals surface area contributed by atoms with E-state index >= 15 is 0 Å². The van der Waals surface area contributed by atoms with Crippen LogP contribution in [0.4, 0.5) is 17.5 Å². The summed E-state index contributed by atoms with van der Waals surface area (Å²) in [5.41, 5.74) is 3.18. The minimum Gasteiger partial charge on any atom is -0.395 e. The number of fused-ring (bicyclic) bond motifs is 1. The second-order valence-corrected chi connectivity index (χ2v) is 6.67. The number of piperazine rings is 1. The maximum absolute atomic E-state index is 9.03. The van der Waals surface area contributed by atoms with E-state index in [4.69, 9.17) is 5.11 Å². The molecule has 0 saturated carbocycles. The van der Waals surface area contributed by atoms with Crippen LogP contribution in [-0.2, 0) is 13.0 Å². The van der Waals surface area contributed by atoms with Crippen molar-refractivity contribution in [3.63, 3.8) is 0 Å². The molecule has 0 atom stereocenters. The lowest BCUT2D eigenvalue weighted by molar-refractivity contribution is 0.188. The fraction of sp³-hybridized carbons (Fsp3) is 0.500. The Morgan fingerprint density at radius 1 is 1.12 bits per heavy atom. The first-order chi connectivity index (χ1) is 12.8. The Morgan fingerprint density at radius 3 is 2.77 bits per heavy atom. The average molecular weight is 355 g/mol. The quantitative estimate of drug-likeness (QED) is 0.709. The van der Waals surface area contributed by atoms with E-state index in [1.54, 1.807) is 0 Å². The molecule has 4 heterocycles. The lowest BCUT2D eigenvalue weighted by Gasteiger charge is -2.35. The molecule has 8 nitrogen and oxygen atoms in total.